The van der Waals surface area contributed by atoms with Crippen LogP contribution in [0.4, 0.5) is 17.1 Å². The summed E-state index contributed by atoms with van der Waals surface area (Å²) in [6, 6.07) is 72.6. The molecule has 0 aliphatic carbocycles. The van der Waals surface area contributed by atoms with E-state index in [9.17, 15) is 0 Å². The minimum atomic E-state index is 0.675. The first kappa shape index (κ1) is 34.4. The van der Waals surface area contributed by atoms with Gasteiger partial charge in [0.1, 0.15) is 11.2 Å². The maximum absolute atomic E-state index is 7.00. The van der Waals surface area contributed by atoms with Gasteiger partial charge in [-0.1, -0.05) is 152 Å². The van der Waals surface area contributed by atoms with Crippen molar-refractivity contribution in [3.8, 4) is 45.0 Å². The number of para-hydroxylation sites is 1. The number of anilines is 3. The molecule has 0 atom stereocenters. The standard InChI is InChI=1S/C55H37N3O/c1-36-52(39-16-5-2-6-17-39)56-55(40-18-7-3-8-19-40)57-53(36)48-32-31-47(51-49-34-42-21-13-14-22-43(42)35-50(49)59-54(48)51)38-26-28-45(29-27-38)58(44-23-9-4-10-24-44)46-30-25-37-15-11-12-20-41(37)33-46/h2-35H,1H3. The number of benzene rings is 9. The van der Waals surface area contributed by atoms with E-state index < -0.39 is 0 Å². The summed E-state index contributed by atoms with van der Waals surface area (Å²) in [5.74, 6) is 0.675. The molecule has 4 heteroatoms. The summed E-state index contributed by atoms with van der Waals surface area (Å²) in [4.78, 5) is 12.8. The van der Waals surface area contributed by atoms with Gasteiger partial charge in [0.2, 0.25) is 0 Å². The second-order valence-corrected chi connectivity index (χ2v) is 15.0. The molecule has 278 valence electrons. The molecular weight excluding hydrogens is 719 g/mol. The Kier molecular flexibility index (Phi) is 8.34. The molecule has 59 heavy (non-hydrogen) atoms. The Morgan fingerprint density at radius 3 is 1.66 bits per heavy atom. The molecule has 0 saturated heterocycles. The Bertz CT molecular complexity index is 3320. The predicted molar refractivity (Wildman–Crippen MR) is 245 cm³/mol. The average molecular weight is 756 g/mol. The van der Waals surface area contributed by atoms with Gasteiger partial charge in [0.05, 0.1) is 11.4 Å². The van der Waals surface area contributed by atoms with Gasteiger partial charge in [0.15, 0.2) is 5.82 Å². The fourth-order valence-corrected chi connectivity index (χ4v) is 8.49. The summed E-state index contributed by atoms with van der Waals surface area (Å²) in [7, 11) is 0. The molecule has 9 aromatic carbocycles. The van der Waals surface area contributed by atoms with Crippen molar-refractivity contribution in [3.63, 3.8) is 0 Å². The van der Waals surface area contributed by atoms with Crippen LogP contribution < -0.4 is 4.90 Å². The molecule has 0 aliphatic heterocycles. The number of hydrogen-bond donors (Lipinski definition) is 0. The highest BCUT2D eigenvalue weighted by Gasteiger charge is 2.23. The van der Waals surface area contributed by atoms with Gasteiger partial charge >= 0.3 is 0 Å². The van der Waals surface area contributed by atoms with E-state index in [1.54, 1.807) is 0 Å². The van der Waals surface area contributed by atoms with Crippen molar-refractivity contribution in [2.24, 2.45) is 0 Å². The van der Waals surface area contributed by atoms with Crippen molar-refractivity contribution in [1.82, 2.24) is 9.97 Å². The lowest BCUT2D eigenvalue weighted by molar-refractivity contribution is 0.670. The van der Waals surface area contributed by atoms with Gasteiger partial charge in [-0.2, -0.15) is 0 Å². The molecule has 0 unspecified atom stereocenters. The van der Waals surface area contributed by atoms with Crippen LogP contribution in [-0.4, -0.2) is 9.97 Å². The molecule has 0 saturated carbocycles. The topological polar surface area (TPSA) is 42.2 Å². The van der Waals surface area contributed by atoms with E-state index in [0.29, 0.717) is 5.82 Å². The van der Waals surface area contributed by atoms with Crippen molar-refractivity contribution in [3.05, 3.63) is 212 Å². The lowest BCUT2D eigenvalue weighted by Crippen LogP contribution is -2.09. The van der Waals surface area contributed by atoms with Crippen LogP contribution in [0.1, 0.15) is 5.56 Å². The van der Waals surface area contributed by atoms with Crippen molar-refractivity contribution in [2.75, 3.05) is 4.90 Å². The Morgan fingerprint density at radius 1 is 0.407 bits per heavy atom. The largest absolute Gasteiger partial charge is 0.455 e. The Hall–Kier alpha value is -7.82. The normalized spacial score (nSPS) is 11.5. The van der Waals surface area contributed by atoms with Crippen LogP contribution in [0.15, 0.2) is 211 Å². The Labute approximate surface area is 342 Å². The van der Waals surface area contributed by atoms with Gasteiger partial charge in [0, 0.05) is 50.1 Å². The summed E-state index contributed by atoms with van der Waals surface area (Å²) in [5, 5.41) is 6.86. The SMILES string of the molecule is Cc1c(-c2ccccc2)nc(-c2ccccc2)nc1-c1ccc(-c2ccc(N(c3ccccc3)c3ccc4ccccc4c3)cc2)c2c1oc1cc3ccccc3cc12. The first-order chi connectivity index (χ1) is 29.2. The molecule has 11 aromatic rings. The molecular formula is C55H37N3O. The number of nitrogens with zero attached hydrogens (tertiary/aromatic N) is 3. The monoisotopic (exact) mass is 755 g/mol. The molecule has 0 spiro atoms. The van der Waals surface area contributed by atoms with Crippen LogP contribution in [0.5, 0.6) is 0 Å². The first-order valence-electron chi connectivity index (χ1n) is 20.0. The number of fused-ring (bicyclic) bond motifs is 5. The summed E-state index contributed by atoms with van der Waals surface area (Å²) >= 11 is 0. The van der Waals surface area contributed by atoms with Crippen LogP contribution in [0, 0.1) is 6.92 Å². The van der Waals surface area contributed by atoms with Crippen LogP contribution in [0.3, 0.4) is 0 Å². The van der Waals surface area contributed by atoms with E-state index >= 15 is 0 Å². The van der Waals surface area contributed by atoms with Gasteiger partial charge in [-0.15, -0.1) is 0 Å². The molecule has 2 heterocycles. The second-order valence-electron chi connectivity index (χ2n) is 15.0. The maximum Gasteiger partial charge on any atom is 0.160 e. The highest BCUT2D eigenvalue weighted by atomic mass is 16.3. The zero-order chi connectivity index (χ0) is 39.3. The third-order valence-corrected chi connectivity index (χ3v) is 11.4. The number of rotatable bonds is 7. The summed E-state index contributed by atoms with van der Waals surface area (Å²) in [5.41, 5.74) is 12.8. The van der Waals surface area contributed by atoms with Gasteiger partial charge in [0.25, 0.3) is 0 Å². The van der Waals surface area contributed by atoms with E-state index in [2.05, 4.69) is 194 Å². The van der Waals surface area contributed by atoms with Crippen molar-refractivity contribution in [1.29, 1.82) is 0 Å². The number of aromatic nitrogens is 2. The Balaban J connectivity index is 1.11. The molecule has 0 amide bonds. The zero-order valence-electron chi connectivity index (χ0n) is 32.4. The van der Waals surface area contributed by atoms with E-state index in [1.165, 1.54) is 16.2 Å². The third-order valence-electron chi connectivity index (χ3n) is 11.4. The number of hydrogen-bond acceptors (Lipinski definition) is 4. The molecule has 4 nitrogen and oxygen atoms in total. The molecule has 0 radical (unpaired) electrons. The fourth-order valence-electron chi connectivity index (χ4n) is 8.49. The quantitative estimate of drug-likeness (QED) is 0.162. The second kappa shape index (κ2) is 14.3. The lowest BCUT2D eigenvalue weighted by atomic mass is 9.93. The first-order valence-corrected chi connectivity index (χ1v) is 20.0. The van der Waals surface area contributed by atoms with Gasteiger partial charge < -0.3 is 9.32 Å². The summed E-state index contributed by atoms with van der Waals surface area (Å²) in [6.45, 7) is 2.12. The molecule has 0 N–H and O–H groups in total. The fraction of sp³-hybridized carbons (Fsp3) is 0.0182. The zero-order valence-corrected chi connectivity index (χ0v) is 32.4. The lowest BCUT2D eigenvalue weighted by Gasteiger charge is -2.26. The van der Waals surface area contributed by atoms with Crippen molar-refractivity contribution in [2.45, 2.75) is 6.92 Å². The molecule has 2 aromatic heterocycles. The minimum absolute atomic E-state index is 0.675. The summed E-state index contributed by atoms with van der Waals surface area (Å²) in [6.07, 6.45) is 0. The third kappa shape index (κ3) is 6.10. The minimum Gasteiger partial charge on any atom is -0.455 e. The predicted octanol–water partition coefficient (Wildman–Crippen LogP) is 15.1. The molecule has 0 fully saturated rings. The van der Waals surface area contributed by atoms with Gasteiger partial charge in [-0.3, -0.25) is 0 Å². The van der Waals surface area contributed by atoms with Crippen molar-refractivity contribution < 1.29 is 4.42 Å². The highest BCUT2D eigenvalue weighted by Crippen LogP contribution is 2.45. The van der Waals surface area contributed by atoms with E-state index in [0.717, 1.165) is 89.2 Å². The maximum atomic E-state index is 7.00. The van der Waals surface area contributed by atoms with Crippen LogP contribution in [0.25, 0.3) is 88.5 Å². The molecule has 11 rings (SSSR count). The van der Waals surface area contributed by atoms with Crippen LogP contribution >= 0.6 is 0 Å². The molecule has 0 aliphatic rings. The molecule has 0 bridgehead atoms. The van der Waals surface area contributed by atoms with Crippen molar-refractivity contribution >= 4 is 60.5 Å². The Morgan fingerprint density at radius 2 is 0.949 bits per heavy atom. The van der Waals surface area contributed by atoms with Crippen LogP contribution in [0.2, 0.25) is 0 Å². The highest BCUT2D eigenvalue weighted by molar-refractivity contribution is 6.18. The number of furan rings is 1. The van der Waals surface area contributed by atoms with E-state index in [1.807, 2.05) is 24.3 Å². The van der Waals surface area contributed by atoms with Gasteiger partial charge in [-0.25, -0.2) is 9.97 Å². The summed E-state index contributed by atoms with van der Waals surface area (Å²) < 4.78 is 7.00. The van der Waals surface area contributed by atoms with Crippen LogP contribution in [-0.2, 0) is 0 Å². The van der Waals surface area contributed by atoms with Gasteiger partial charge in [-0.05, 0) is 94.2 Å². The average Bonchev–Trinajstić information content (AvgIpc) is 3.68. The smallest absolute Gasteiger partial charge is 0.160 e. The van der Waals surface area contributed by atoms with E-state index in [-0.39, 0.29) is 0 Å². The van der Waals surface area contributed by atoms with E-state index in [4.69, 9.17) is 14.4 Å².